The van der Waals surface area contributed by atoms with Crippen molar-refractivity contribution in [2.45, 2.75) is 0 Å². The Balaban J connectivity index is 1.15. The Morgan fingerprint density at radius 3 is 1.33 bits per heavy atom. The van der Waals surface area contributed by atoms with E-state index >= 15 is 0 Å². The molecule has 0 radical (unpaired) electrons. The van der Waals surface area contributed by atoms with Crippen LogP contribution in [0.15, 0.2) is 217 Å². The zero-order chi connectivity index (χ0) is 34.7. The van der Waals surface area contributed by atoms with Gasteiger partial charge in [0, 0.05) is 22.3 Å². The summed E-state index contributed by atoms with van der Waals surface area (Å²) in [6.45, 7) is 0. The highest BCUT2D eigenvalue weighted by Crippen LogP contribution is 2.44. The third-order valence-corrected chi connectivity index (χ3v) is 9.73. The Bertz CT molecular complexity index is 2570. The molecule has 0 aliphatic heterocycles. The first-order chi connectivity index (χ1) is 25.8. The molecule has 0 fully saturated rings. The number of hydrogen-bond donors (Lipinski definition) is 0. The fourth-order valence-corrected chi connectivity index (χ4v) is 7.20. The van der Waals surface area contributed by atoms with Gasteiger partial charge in [-0.05, 0) is 93.0 Å². The van der Waals surface area contributed by atoms with Crippen LogP contribution in [0, 0.1) is 0 Å². The smallest absolute Gasteiger partial charge is 0.137 e. The van der Waals surface area contributed by atoms with E-state index in [1.165, 1.54) is 38.9 Å². The molecule has 9 rings (SSSR count). The van der Waals surface area contributed by atoms with Gasteiger partial charge in [-0.1, -0.05) is 164 Å². The van der Waals surface area contributed by atoms with Crippen molar-refractivity contribution >= 4 is 28.0 Å². The summed E-state index contributed by atoms with van der Waals surface area (Å²) in [5.74, 6) is 0.838. The quantitative estimate of drug-likeness (QED) is 0.161. The normalized spacial score (nSPS) is 11.1. The van der Waals surface area contributed by atoms with Crippen molar-refractivity contribution in [2.75, 3.05) is 4.90 Å². The summed E-state index contributed by atoms with van der Waals surface area (Å²) in [4.78, 5) is 2.33. The van der Waals surface area contributed by atoms with E-state index in [0.29, 0.717) is 0 Å². The zero-order valence-corrected chi connectivity index (χ0v) is 28.6. The first-order valence-electron chi connectivity index (χ1n) is 17.7. The standard InChI is InChI=1S/C50H35NO/c1-3-15-36(16-4-1)37-27-31-41(32-28-37)51(48-25-13-12-24-47(48)50-35-40-19-7-14-26-49(40)52-50)42-33-29-39(30-34-42)44-21-9-11-23-46(44)45-22-10-8-20-43(45)38-17-5-2-6-18-38/h1-35H. The molecule has 8 aromatic carbocycles. The average Bonchev–Trinajstić information content (AvgIpc) is 3.67. The second-order valence-corrected chi connectivity index (χ2v) is 12.9. The van der Waals surface area contributed by atoms with E-state index in [1.807, 2.05) is 18.2 Å². The van der Waals surface area contributed by atoms with Crippen molar-refractivity contribution in [3.05, 3.63) is 212 Å². The van der Waals surface area contributed by atoms with Gasteiger partial charge in [0.2, 0.25) is 0 Å². The number of furan rings is 1. The van der Waals surface area contributed by atoms with E-state index in [4.69, 9.17) is 4.42 Å². The lowest BCUT2D eigenvalue weighted by Crippen LogP contribution is -2.11. The molecule has 0 saturated heterocycles. The van der Waals surface area contributed by atoms with Gasteiger partial charge in [0.1, 0.15) is 11.3 Å². The molecular formula is C50H35NO. The minimum absolute atomic E-state index is 0.838. The van der Waals surface area contributed by atoms with Crippen molar-refractivity contribution in [3.8, 4) is 55.8 Å². The van der Waals surface area contributed by atoms with Gasteiger partial charge in [0.05, 0.1) is 5.69 Å². The predicted octanol–water partition coefficient (Wildman–Crippen LogP) is 14.2. The molecule has 0 aliphatic carbocycles. The van der Waals surface area contributed by atoms with Crippen molar-refractivity contribution in [1.82, 2.24) is 0 Å². The second kappa shape index (κ2) is 13.8. The Labute approximate surface area is 304 Å². The predicted molar refractivity (Wildman–Crippen MR) is 218 cm³/mol. The maximum atomic E-state index is 6.44. The van der Waals surface area contributed by atoms with Crippen LogP contribution in [0.25, 0.3) is 66.8 Å². The topological polar surface area (TPSA) is 16.4 Å². The van der Waals surface area contributed by atoms with Crippen LogP contribution in [0.5, 0.6) is 0 Å². The Hall–Kier alpha value is -6.90. The van der Waals surface area contributed by atoms with Crippen LogP contribution in [0.1, 0.15) is 0 Å². The Morgan fingerprint density at radius 2 is 0.731 bits per heavy atom. The summed E-state index contributed by atoms with van der Waals surface area (Å²) in [5.41, 5.74) is 14.6. The van der Waals surface area contributed by atoms with E-state index in [9.17, 15) is 0 Å². The number of rotatable bonds is 8. The molecule has 0 atom stereocenters. The molecule has 0 saturated carbocycles. The fraction of sp³-hybridized carbons (Fsp3) is 0. The van der Waals surface area contributed by atoms with Crippen molar-refractivity contribution in [2.24, 2.45) is 0 Å². The summed E-state index contributed by atoms with van der Waals surface area (Å²) in [6.07, 6.45) is 0. The van der Waals surface area contributed by atoms with E-state index in [2.05, 4.69) is 199 Å². The number of nitrogens with zero attached hydrogens (tertiary/aromatic N) is 1. The highest BCUT2D eigenvalue weighted by atomic mass is 16.3. The monoisotopic (exact) mass is 665 g/mol. The Morgan fingerprint density at radius 1 is 0.308 bits per heavy atom. The van der Waals surface area contributed by atoms with Gasteiger partial charge in [0.25, 0.3) is 0 Å². The molecule has 2 nitrogen and oxygen atoms in total. The minimum Gasteiger partial charge on any atom is -0.456 e. The van der Waals surface area contributed by atoms with Gasteiger partial charge in [-0.25, -0.2) is 0 Å². The molecule has 2 heteroatoms. The maximum Gasteiger partial charge on any atom is 0.137 e. The van der Waals surface area contributed by atoms with Gasteiger partial charge in [-0.15, -0.1) is 0 Å². The number of para-hydroxylation sites is 2. The van der Waals surface area contributed by atoms with Crippen LogP contribution in [0.3, 0.4) is 0 Å². The van der Waals surface area contributed by atoms with Crippen LogP contribution in [-0.2, 0) is 0 Å². The molecule has 9 aromatic rings. The summed E-state index contributed by atoms with van der Waals surface area (Å²) in [6, 6.07) is 75.2. The number of benzene rings is 8. The summed E-state index contributed by atoms with van der Waals surface area (Å²) < 4.78 is 6.44. The van der Waals surface area contributed by atoms with Crippen molar-refractivity contribution < 1.29 is 4.42 Å². The van der Waals surface area contributed by atoms with Crippen molar-refractivity contribution in [3.63, 3.8) is 0 Å². The van der Waals surface area contributed by atoms with Crippen molar-refractivity contribution in [1.29, 1.82) is 0 Å². The van der Waals surface area contributed by atoms with Crippen LogP contribution in [0.4, 0.5) is 17.1 Å². The summed E-state index contributed by atoms with van der Waals surface area (Å²) >= 11 is 0. The highest BCUT2D eigenvalue weighted by molar-refractivity contribution is 5.94. The molecule has 0 bridgehead atoms. The number of anilines is 3. The van der Waals surface area contributed by atoms with Gasteiger partial charge in [-0.2, -0.15) is 0 Å². The van der Waals surface area contributed by atoms with E-state index in [0.717, 1.165) is 44.9 Å². The van der Waals surface area contributed by atoms with Gasteiger partial charge in [0.15, 0.2) is 0 Å². The molecule has 0 amide bonds. The first-order valence-corrected chi connectivity index (χ1v) is 17.7. The van der Waals surface area contributed by atoms with Crippen LogP contribution < -0.4 is 4.90 Å². The maximum absolute atomic E-state index is 6.44. The number of fused-ring (bicyclic) bond motifs is 1. The fourth-order valence-electron chi connectivity index (χ4n) is 7.20. The summed E-state index contributed by atoms with van der Waals surface area (Å²) in [7, 11) is 0. The molecule has 1 heterocycles. The molecule has 0 unspecified atom stereocenters. The van der Waals surface area contributed by atoms with Gasteiger partial charge < -0.3 is 9.32 Å². The van der Waals surface area contributed by atoms with E-state index < -0.39 is 0 Å². The SMILES string of the molecule is c1ccc(-c2ccc(N(c3ccc(-c4ccccc4-c4ccccc4-c4ccccc4)cc3)c3ccccc3-c3cc4ccccc4o3)cc2)cc1. The van der Waals surface area contributed by atoms with E-state index in [-0.39, 0.29) is 0 Å². The molecule has 0 aliphatic rings. The molecule has 52 heavy (non-hydrogen) atoms. The average molecular weight is 666 g/mol. The van der Waals surface area contributed by atoms with Crippen LogP contribution >= 0.6 is 0 Å². The van der Waals surface area contributed by atoms with Gasteiger partial charge >= 0.3 is 0 Å². The first kappa shape index (κ1) is 31.1. The molecule has 0 N–H and O–H groups in total. The van der Waals surface area contributed by atoms with Crippen LogP contribution in [0.2, 0.25) is 0 Å². The molecule has 1 aromatic heterocycles. The molecule has 246 valence electrons. The minimum atomic E-state index is 0.838. The molecule has 0 spiro atoms. The zero-order valence-electron chi connectivity index (χ0n) is 28.6. The lowest BCUT2D eigenvalue weighted by Gasteiger charge is -2.28. The Kier molecular flexibility index (Phi) is 8.24. The molecular weight excluding hydrogens is 631 g/mol. The van der Waals surface area contributed by atoms with Gasteiger partial charge in [-0.3, -0.25) is 0 Å². The number of hydrogen-bond acceptors (Lipinski definition) is 2. The summed E-state index contributed by atoms with van der Waals surface area (Å²) in [5, 5.41) is 1.09. The van der Waals surface area contributed by atoms with Crippen LogP contribution in [-0.4, -0.2) is 0 Å². The third-order valence-electron chi connectivity index (χ3n) is 9.73. The highest BCUT2D eigenvalue weighted by Gasteiger charge is 2.20. The largest absolute Gasteiger partial charge is 0.456 e. The third kappa shape index (κ3) is 5.97. The second-order valence-electron chi connectivity index (χ2n) is 12.9. The van der Waals surface area contributed by atoms with E-state index in [1.54, 1.807) is 0 Å². The lowest BCUT2D eigenvalue weighted by molar-refractivity contribution is 0.631. The lowest BCUT2D eigenvalue weighted by atomic mass is 9.89.